The maximum absolute atomic E-state index is 12.6. The summed E-state index contributed by atoms with van der Waals surface area (Å²) in [6, 6.07) is 13.7. The Morgan fingerprint density at radius 2 is 1.55 bits per heavy atom. The summed E-state index contributed by atoms with van der Waals surface area (Å²) in [6.07, 6.45) is 0.758. The highest BCUT2D eigenvalue weighted by Crippen LogP contribution is 2.28. The second-order valence-corrected chi connectivity index (χ2v) is 7.74. The van der Waals surface area contributed by atoms with Gasteiger partial charge in [-0.15, -0.1) is 0 Å². The van der Waals surface area contributed by atoms with Crippen LogP contribution in [0.25, 0.3) is 11.1 Å². The van der Waals surface area contributed by atoms with Gasteiger partial charge in [0, 0.05) is 16.7 Å². The minimum absolute atomic E-state index is 0.226. The first-order valence-corrected chi connectivity index (χ1v) is 8.40. The van der Waals surface area contributed by atoms with E-state index in [9.17, 15) is 13.2 Å². The molecule has 0 atom stereocenters. The Balaban J connectivity index is 2.53. The second kappa shape index (κ2) is 6.02. The van der Waals surface area contributed by atoms with Gasteiger partial charge in [0.05, 0.1) is 4.90 Å². The van der Waals surface area contributed by atoms with Gasteiger partial charge in [-0.25, -0.2) is 13.1 Å². The molecule has 0 unspecified atom stereocenters. The lowest BCUT2D eigenvalue weighted by atomic mass is 10.0. The van der Waals surface area contributed by atoms with E-state index >= 15 is 0 Å². The first kappa shape index (κ1) is 16.4. The van der Waals surface area contributed by atoms with Crippen LogP contribution in [0.15, 0.2) is 53.4 Å². The predicted octanol–water partition coefficient (Wildman–Crippen LogP) is 3.24. The van der Waals surface area contributed by atoms with E-state index in [1.54, 1.807) is 69.3 Å². The summed E-state index contributed by atoms with van der Waals surface area (Å²) < 4.78 is 27.9. The van der Waals surface area contributed by atoms with Gasteiger partial charge in [0.2, 0.25) is 10.0 Å². The Bertz CT molecular complexity index is 772. The van der Waals surface area contributed by atoms with Crippen molar-refractivity contribution in [2.75, 3.05) is 0 Å². The number of aldehydes is 1. The summed E-state index contributed by atoms with van der Waals surface area (Å²) in [5.74, 6) is 0. The molecule has 0 fully saturated rings. The fourth-order valence-corrected chi connectivity index (χ4v) is 3.79. The lowest BCUT2D eigenvalue weighted by Crippen LogP contribution is -2.40. The number of benzene rings is 2. The number of carbonyl (C=O) groups is 1. The highest BCUT2D eigenvalue weighted by molar-refractivity contribution is 7.89. The Hall–Kier alpha value is -1.98. The molecule has 0 spiro atoms. The lowest BCUT2D eigenvalue weighted by molar-refractivity contribution is 0.112. The normalized spacial score (nSPS) is 12.1. The van der Waals surface area contributed by atoms with Gasteiger partial charge in [-0.3, -0.25) is 4.79 Å². The van der Waals surface area contributed by atoms with E-state index in [2.05, 4.69) is 4.72 Å². The quantitative estimate of drug-likeness (QED) is 0.881. The number of rotatable bonds is 4. The molecule has 0 aliphatic heterocycles. The van der Waals surface area contributed by atoms with Gasteiger partial charge in [0.25, 0.3) is 0 Å². The van der Waals surface area contributed by atoms with Crippen LogP contribution in [0.4, 0.5) is 0 Å². The Morgan fingerprint density at radius 1 is 0.955 bits per heavy atom. The molecule has 5 heteroatoms. The van der Waals surface area contributed by atoms with Crippen LogP contribution in [0.2, 0.25) is 0 Å². The van der Waals surface area contributed by atoms with Crippen LogP contribution in [0, 0.1) is 0 Å². The lowest BCUT2D eigenvalue weighted by Gasteiger charge is -2.21. The fraction of sp³-hybridized carbons (Fsp3) is 0.235. The van der Waals surface area contributed by atoms with Crippen LogP contribution in [0.1, 0.15) is 31.1 Å². The molecule has 0 aliphatic carbocycles. The van der Waals surface area contributed by atoms with Gasteiger partial charge in [0.15, 0.2) is 0 Å². The SMILES string of the molecule is CC(C)(C)NS(=O)(=O)c1ccccc1-c1ccc(C=O)cc1. The average Bonchev–Trinajstić information content (AvgIpc) is 2.45. The van der Waals surface area contributed by atoms with E-state index in [1.165, 1.54) is 0 Å². The molecule has 2 aromatic carbocycles. The smallest absolute Gasteiger partial charge is 0.241 e. The van der Waals surface area contributed by atoms with E-state index in [1.807, 2.05) is 0 Å². The molecule has 2 rings (SSSR count). The molecule has 0 saturated heterocycles. The molecule has 4 nitrogen and oxygen atoms in total. The number of hydrogen-bond acceptors (Lipinski definition) is 3. The third-order valence-corrected chi connectivity index (χ3v) is 4.79. The summed E-state index contributed by atoms with van der Waals surface area (Å²) >= 11 is 0. The molecule has 0 aliphatic rings. The van der Waals surface area contributed by atoms with Gasteiger partial charge < -0.3 is 0 Å². The molecular weight excluding hydrogens is 298 g/mol. The average molecular weight is 317 g/mol. The molecule has 1 N–H and O–H groups in total. The number of sulfonamides is 1. The Morgan fingerprint density at radius 3 is 2.09 bits per heavy atom. The van der Waals surface area contributed by atoms with Crippen LogP contribution in [-0.2, 0) is 10.0 Å². The predicted molar refractivity (Wildman–Crippen MR) is 87.3 cm³/mol. The highest BCUT2D eigenvalue weighted by atomic mass is 32.2. The van der Waals surface area contributed by atoms with Crippen LogP contribution in [-0.4, -0.2) is 20.2 Å². The molecule has 22 heavy (non-hydrogen) atoms. The molecule has 0 bridgehead atoms. The maximum atomic E-state index is 12.6. The highest BCUT2D eigenvalue weighted by Gasteiger charge is 2.24. The van der Waals surface area contributed by atoms with Gasteiger partial charge in [0.1, 0.15) is 6.29 Å². The van der Waals surface area contributed by atoms with E-state index in [4.69, 9.17) is 0 Å². The van der Waals surface area contributed by atoms with Gasteiger partial charge in [-0.05, 0) is 32.4 Å². The third-order valence-electron chi connectivity index (χ3n) is 2.97. The van der Waals surface area contributed by atoms with Crippen molar-refractivity contribution in [2.45, 2.75) is 31.2 Å². The van der Waals surface area contributed by atoms with Crippen molar-refractivity contribution >= 4 is 16.3 Å². The van der Waals surface area contributed by atoms with E-state index in [0.717, 1.165) is 11.8 Å². The molecule has 0 saturated carbocycles. The van der Waals surface area contributed by atoms with E-state index in [0.29, 0.717) is 11.1 Å². The Kier molecular flexibility index (Phi) is 4.49. The molecular formula is C17H19NO3S. The maximum Gasteiger partial charge on any atom is 0.241 e. The number of carbonyl (C=O) groups excluding carboxylic acids is 1. The first-order chi connectivity index (χ1) is 10.2. The standard InChI is InChI=1S/C17H19NO3S/c1-17(2,3)18-22(20,21)16-7-5-4-6-15(16)14-10-8-13(12-19)9-11-14/h4-12,18H,1-3H3. The van der Waals surface area contributed by atoms with Crippen molar-refractivity contribution in [1.29, 1.82) is 0 Å². The number of nitrogens with one attached hydrogen (secondary N) is 1. The summed E-state index contributed by atoms with van der Waals surface area (Å²) in [6.45, 7) is 5.39. The molecule has 0 amide bonds. The minimum atomic E-state index is -3.63. The zero-order chi connectivity index (χ0) is 16.4. The van der Waals surface area contributed by atoms with Gasteiger partial charge in [-0.2, -0.15) is 0 Å². The number of hydrogen-bond donors (Lipinski definition) is 1. The summed E-state index contributed by atoms with van der Waals surface area (Å²) in [5, 5.41) is 0. The molecule has 0 heterocycles. The van der Waals surface area contributed by atoms with E-state index in [-0.39, 0.29) is 4.90 Å². The Labute approximate surface area is 131 Å². The van der Waals surface area contributed by atoms with Crippen LogP contribution in [0.3, 0.4) is 0 Å². The van der Waals surface area contributed by atoms with Crippen molar-refractivity contribution in [1.82, 2.24) is 4.72 Å². The summed E-state index contributed by atoms with van der Waals surface area (Å²) in [4.78, 5) is 11.0. The summed E-state index contributed by atoms with van der Waals surface area (Å²) in [5.41, 5.74) is 1.35. The fourth-order valence-electron chi connectivity index (χ4n) is 2.14. The van der Waals surface area contributed by atoms with E-state index < -0.39 is 15.6 Å². The monoisotopic (exact) mass is 317 g/mol. The summed E-state index contributed by atoms with van der Waals surface area (Å²) in [7, 11) is -3.63. The van der Waals surface area contributed by atoms with Crippen LogP contribution >= 0.6 is 0 Å². The van der Waals surface area contributed by atoms with Gasteiger partial charge >= 0.3 is 0 Å². The molecule has 0 aromatic heterocycles. The molecule has 116 valence electrons. The van der Waals surface area contributed by atoms with Crippen molar-refractivity contribution in [3.8, 4) is 11.1 Å². The van der Waals surface area contributed by atoms with Gasteiger partial charge in [-0.1, -0.05) is 42.5 Å². The zero-order valence-corrected chi connectivity index (χ0v) is 13.6. The van der Waals surface area contributed by atoms with Crippen molar-refractivity contribution < 1.29 is 13.2 Å². The molecule has 0 radical (unpaired) electrons. The van der Waals surface area contributed by atoms with Crippen molar-refractivity contribution in [2.24, 2.45) is 0 Å². The van der Waals surface area contributed by atoms with Crippen molar-refractivity contribution in [3.63, 3.8) is 0 Å². The van der Waals surface area contributed by atoms with Crippen LogP contribution in [0.5, 0.6) is 0 Å². The largest absolute Gasteiger partial charge is 0.298 e. The minimum Gasteiger partial charge on any atom is -0.298 e. The van der Waals surface area contributed by atoms with Crippen molar-refractivity contribution in [3.05, 3.63) is 54.1 Å². The third kappa shape index (κ3) is 3.81. The first-order valence-electron chi connectivity index (χ1n) is 6.91. The molecule has 2 aromatic rings. The van der Waals surface area contributed by atoms with Crippen LogP contribution < -0.4 is 4.72 Å². The zero-order valence-electron chi connectivity index (χ0n) is 12.8. The second-order valence-electron chi connectivity index (χ2n) is 6.09. The topological polar surface area (TPSA) is 63.2 Å².